The minimum Gasteiger partial charge on any atom is -0.496 e. The van der Waals surface area contributed by atoms with E-state index in [2.05, 4.69) is 0 Å². The van der Waals surface area contributed by atoms with Gasteiger partial charge >= 0.3 is 5.97 Å². The van der Waals surface area contributed by atoms with Gasteiger partial charge in [0.1, 0.15) is 5.75 Å². The molecule has 0 bridgehead atoms. The van der Waals surface area contributed by atoms with E-state index in [0.29, 0.717) is 34.8 Å². The molecule has 0 amide bonds. The summed E-state index contributed by atoms with van der Waals surface area (Å²) in [5.41, 5.74) is 0.928. The van der Waals surface area contributed by atoms with Crippen LogP contribution in [0.25, 0.3) is 0 Å². The van der Waals surface area contributed by atoms with E-state index in [1.807, 2.05) is 0 Å². The summed E-state index contributed by atoms with van der Waals surface area (Å²) >= 11 is 5.88. The number of rotatable bonds is 5. The van der Waals surface area contributed by atoms with Crippen LogP contribution in [0.3, 0.4) is 0 Å². The molecule has 0 radical (unpaired) electrons. The lowest BCUT2D eigenvalue weighted by molar-refractivity contribution is -0.142. The van der Waals surface area contributed by atoms with E-state index >= 15 is 0 Å². The molecule has 0 atom stereocenters. The fraction of sp³-hybridized carbons (Fsp3) is 0.333. The van der Waals surface area contributed by atoms with Crippen LogP contribution < -0.4 is 4.74 Å². The Morgan fingerprint density at radius 3 is 2.71 bits per heavy atom. The molecule has 5 heteroatoms. The monoisotopic (exact) mass is 256 g/mol. The highest BCUT2D eigenvalue weighted by molar-refractivity contribution is 6.33. The maximum Gasteiger partial charge on any atom is 0.310 e. The zero-order valence-electron chi connectivity index (χ0n) is 9.66. The van der Waals surface area contributed by atoms with Gasteiger partial charge in [-0.25, -0.2) is 0 Å². The van der Waals surface area contributed by atoms with Gasteiger partial charge in [-0.05, 0) is 19.1 Å². The molecular formula is C12H13ClO4. The number of carbonyl (C=O) groups excluding carboxylic acids is 2. The molecular weight excluding hydrogens is 244 g/mol. The number of ether oxygens (including phenoxy) is 2. The summed E-state index contributed by atoms with van der Waals surface area (Å²) in [6, 6.07) is 3.05. The van der Waals surface area contributed by atoms with Crippen LogP contribution >= 0.6 is 11.6 Å². The van der Waals surface area contributed by atoms with Crippen LogP contribution in [-0.2, 0) is 16.0 Å². The first-order valence-corrected chi connectivity index (χ1v) is 5.47. The molecule has 0 heterocycles. The fourth-order valence-electron chi connectivity index (χ4n) is 1.40. The van der Waals surface area contributed by atoms with Crippen molar-refractivity contribution in [2.45, 2.75) is 13.3 Å². The predicted octanol–water partition coefficient (Wildman–Crippen LogP) is 2.27. The Morgan fingerprint density at radius 1 is 1.47 bits per heavy atom. The number of hydrogen-bond acceptors (Lipinski definition) is 4. The van der Waals surface area contributed by atoms with Crippen molar-refractivity contribution in [1.29, 1.82) is 0 Å². The number of carbonyl (C=O) groups is 2. The van der Waals surface area contributed by atoms with E-state index < -0.39 is 0 Å². The Labute approximate surface area is 104 Å². The zero-order chi connectivity index (χ0) is 12.8. The molecule has 4 nitrogen and oxygen atoms in total. The van der Waals surface area contributed by atoms with Crippen LogP contribution in [0.1, 0.15) is 22.8 Å². The van der Waals surface area contributed by atoms with E-state index in [1.54, 1.807) is 13.0 Å². The second-order valence-electron chi connectivity index (χ2n) is 3.29. The average Bonchev–Trinajstić information content (AvgIpc) is 2.29. The molecule has 1 aromatic carbocycles. The van der Waals surface area contributed by atoms with Crippen LogP contribution in [0, 0.1) is 0 Å². The molecule has 0 spiro atoms. The number of benzene rings is 1. The Morgan fingerprint density at radius 2 is 2.18 bits per heavy atom. The highest BCUT2D eigenvalue weighted by atomic mass is 35.5. The zero-order valence-corrected chi connectivity index (χ0v) is 10.4. The molecule has 17 heavy (non-hydrogen) atoms. The van der Waals surface area contributed by atoms with Crippen molar-refractivity contribution in [2.75, 3.05) is 13.7 Å². The first-order valence-electron chi connectivity index (χ1n) is 5.09. The average molecular weight is 257 g/mol. The maximum atomic E-state index is 11.4. The van der Waals surface area contributed by atoms with Crippen molar-refractivity contribution in [3.63, 3.8) is 0 Å². The van der Waals surface area contributed by atoms with Crippen LogP contribution in [-0.4, -0.2) is 26.0 Å². The van der Waals surface area contributed by atoms with Crippen LogP contribution in [0.15, 0.2) is 12.1 Å². The van der Waals surface area contributed by atoms with Crippen molar-refractivity contribution in [1.82, 2.24) is 0 Å². The number of halogens is 1. The summed E-state index contributed by atoms with van der Waals surface area (Å²) in [6.07, 6.45) is 0.703. The normalized spacial score (nSPS) is 9.82. The van der Waals surface area contributed by atoms with Crippen LogP contribution in [0.4, 0.5) is 0 Å². The van der Waals surface area contributed by atoms with Gasteiger partial charge in [0, 0.05) is 11.1 Å². The second-order valence-corrected chi connectivity index (χ2v) is 3.69. The third-order valence-electron chi connectivity index (χ3n) is 2.17. The Bertz CT molecular complexity index is 429. The highest BCUT2D eigenvalue weighted by Crippen LogP contribution is 2.26. The fourth-order valence-corrected chi connectivity index (χ4v) is 1.63. The van der Waals surface area contributed by atoms with Gasteiger partial charge in [-0.1, -0.05) is 11.6 Å². The van der Waals surface area contributed by atoms with Crippen molar-refractivity contribution in [3.05, 3.63) is 28.3 Å². The maximum absolute atomic E-state index is 11.4. The smallest absolute Gasteiger partial charge is 0.310 e. The van der Waals surface area contributed by atoms with Crippen molar-refractivity contribution >= 4 is 23.9 Å². The number of hydrogen-bond donors (Lipinski definition) is 0. The molecule has 0 aliphatic heterocycles. The summed E-state index contributed by atoms with van der Waals surface area (Å²) in [6.45, 7) is 2.05. The molecule has 0 saturated heterocycles. The molecule has 1 aromatic rings. The topological polar surface area (TPSA) is 52.6 Å². The van der Waals surface area contributed by atoms with Crippen LogP contribution in [0.5, 0.6) is 5.75 Å². The third-order valence-corrected chi connectivity index (χ3v) is 2.49. The minimum absolute atomic E-state index is 0.0653. The lowest BCUT2D eigenvalue weighted by Gasteiger charge is -2.10. The summed E-state index contributed by atoms with van der Waals surface area (Å²) in [5.74, 6) is 0.0882. The molecule has 1 rings (SSSR count). The van der Waals surface area contributed by atoms with E-state index in [1.165, 1.54) is 13.2 Å². The highest BCUT2D eigenvalue weighted by Gasteiger charge is 2.13. The van der Waals surface area contributed by atoms with Crippen molar-refractivity contribution in [2.24, 2.45) is 0 Å². The van der Waals surface area contributed by atoms with Crippen molar-refractivity contribution in [3.8, 4) is 5.75 Å². The second kappa shape index (κ2) is 6.25. The quantitative estimate of drug-likeness (QED) is 0.599. The number of methoxy groups -OCH3 is 1. The molecule has 0 N–H and O–H groups in total. The third kappa shape index (κ3) is 3.46. The first-order chi connectivity index (χ1) is 8.12. The van der Waals surface area contributed by atoms with Gasteiger partial charge in [0.25, 0.3) is 0 Å². The van der Waals surface area contributed by atoms with Gasteiger partial charge in [-0.3, -0.25) is 9.59 Å². The summed E-state index contributed by atoms with van der Waals surface area (Å²) < 4.78 is 9.93. The van der Waals surface area contributed by atoms with Crippen LogP contribution in [0.2, 0.25) is 5.02 Å². The number of aldehydes is 1. The van der Waals surface area contributed by atoms with Gasteiger partial charge in [-0.15, -0.1) is 0 Å². The molecule has 0 aromatic heterocycles. The van der Waals surface area contributed by atoms with Gasteiger partial charge in [0.05, 0.1) is 25.2 Å². The molecule has 0 saturated carbocycles. The molecule has 0 aliphatic carbocycles. The van der Waals surface area contributed by atoms with E-state index in [9.17, 15) is 9.59 Å². The van der Waals surface area contributed by atoms with E-state index in [-0.39, 0.29) is 12.4 Å². The lowest BCUT2D eigenvalue weighted by atomic mass is 10.1. The summed E-state index contributed by atoms with van der Waals surface area (Å²) in [7, 11) is 1.46. The van der Waals surface area contributed by atoms with E-state index in [0.717, 1.165) is 0 Å². The minimum atomic E-state index is -0.360. The summed E-state index contributed by atoms with van der Waals surface area (Å²) in [5, 5.41) is 0.292. The number of esters is 1. The molecule has 0 unspecified atom stereocenters. The van der Waals surface area contributed by atoms with Crippen molar-refractivity contribution < 1.29 is 19.1 Å². The molecule has 92 valence electrons. The van der Waals surface area contributed by atoms with Gasteiger partial charge in [-0.2, -0.15) is 0 Å². The largest absolute Gasteiger partial charge is 0.496 e. The van der Waals surface area contributed by atoms with Gasteiger partial charge < -0.3 is 9.47 Å². The van der Waals surface area contributed by atoms with Gasteiger partial charge in [0.15, 0.2) is 6.29 Å². The summed E-state index contributed by atoms with van der Waals surface area (Å²) in [4.78, 5) is 22.1. The Kier molecular flexibility index (Phi) is 4.97. The predicted molar refractivity (Wildman–Crippen MR) is 63.7 cm³/mol. The van der Waals surface area contributed by atoms with Gasteiger partial charge in [0.2, 0.25) is 0 Å². The van der Waals surface area contributed by atoms with E-state index in [4.69, 9.17) is 21.1 Å². The first kappa shape index (κ1) is 13.5. The SMILES string of the molecule is CCOC(=O)Cc1cc(Cl)c(C=O)cc1OC. The Hall–Kier alpha value is -1.55. The molecule has 0 fully saturated rings. The molecule has 0 aliphatic rings. The lowest BCUT2D eigenvalue weighted by Crippen LogP contribution is -2.08. The standard InChI is InChI=1S/C12H13ClO4/c1-3-17-12(15)6-8-4-10(13)9(7-14)5-11(8)16-2/h4-5,7H,3,6H2,1-2H3. The Balaban J connectivity index is 3.02.